The highest BCUT2D eigenvalue weighted by Crippen LogP contribution is 2.29. The third-order valence-electron chi connectivity index (χ3n) is 3.07. The van der Waals surface area contributed by atoms with E-state index in [0.717, 1.165) is 12.8 Å². The van der Waals surface area contributed by atoms with E-state index in [0.29, 0.717) is 18.0 Å². The molecule has 0 unspecified atom stereocenters. The van der Waals surface area contributed by atoms with E-state index in [1.807, 2.05) is 6.07 Å². The maximum Gasteiger partial charge on any atom is 0.118 e. The average Bonchev–Trinajstić information content (AvgIpc) is 2.81. The van der Waals surface area contributed by atoms with Crippen molar-refractivity contribution in [1.82, 2.24) is 0 Å². The van der Waals surface area contributed by atoms with Crippen LogP contribution in [0.1, 0.15) is 25.7 Å². The van der Waals surface area contributed by atoms with E-state index in [1.165, 1.54) is 12.8 Å². The minimum Gasteiger partial charge on any atom is -0.577 e. The summed E-state index contributed by atoms with van der Waals surface area (Å²) in [6.07, 6.45) is 4.80. The standard InChI is InChI=1S/C13H19N2O3S/c14-8-9-19(16,17)15-11-4-3-7-13(10-11)18-12-5-1-2-6-12/h3-4,7,10,12H,1-2,5-6,8-9,14H2/q-1/p+1. The lowest BCUT2D eigenvalue weighted by Gasteiger charge is -2.22. The van der Waals surface area contributed by atoms with E-state index in [-0.39, 0.29) is 11.9 Å². The highest BCUT2D eigenvalue weighted by Gasteiger charge is 2.16. The lowest BCUT2D eigenvalue weighted by atomic mass is 10.3. The molecular weight excluding hydrogens is 264 g/mol. The van der Waals surface area contributed by atoms with E-state index in [4.69, 9.17) is 4.74 Å². The van der Waals surface area contributed by atoms with Crippen molar-refractivity contribution >= 4 is 15.7 Å². The van der Waals surface area contributed by atoms with Crippen LogP contribution in [0, 0.1) is 0 Å². The molecule has 106 valence electrons. The second-order valence-corrected chi connectivity index (χ2v) is 6.51. The largest absolute Gasteiger partial charge is 0.577 e. The van der Waals surface area contributed by atoms with Crippen LogP contribution in [0.5, 0.6) is 5.75 Å². The molecular formula is C13H20N2O3S. The minimum atomic E-state index is -3.42. The van der Waals surface area contributed by atoms with Gasteiger partial charge < -0.3 is 15.2 Å². The Bertz CT molecular complexity index is 510. The summed E-state index contributed by atoms with van der Waals surface area (Å²) >= 11 is 0. The summed E-state index contributed by atoms with van der Waals surface area (Å²) in [6.45, 7) is 0.324. The van der Waals surface area contributed by atoms with Crippen LogP contribution in [0.15, 0.2) is 24.3 Å². The van der Waals surface area contributed by atoms with E-state index < -0.39 is 10.0 Å². The third-order valence-corrected chi connectivity index (χ3v) is 4.36. The third kappa shape index (κ3) is 4.40. The topological polar surface area (TPSA) is 85.1 Å². The SMILES string of the molecule is [NH3+]CCS(=O)(=O)[N-]c1cccc(OC2CCCC2)c1. The van der Waals surface area contributed by atoms with Crippen molar-refractivity contribution in [2.75, 3.05) is 12.3 Å². The summed E-state index contributed by atoms with van der Waals surface area (Å²) in [5.74, 6) is 0.665. The van der Waals surface area contributed by atoms with Crippen molar-refractivity contribution in [2.24, 2.45) is 0 Å². The molecule has 0 aliphatic heterocycles. The van der Waals surface area contributed by atoms with Crippen molar-refractivity contribution in [2.45, 2.75) is 31.8 Å². The molecule has 5 nitrogen and oxygen atoms in total. The number of ether oxygens (including phenoxy) is 1. The van der Waals surface area contributed by atoms with Gasteiger partial charge in [-0.25, -0.2) is 8.42 Å². The smallest absolute Gasteiger partial charge is 0.118 e. The highest BCUT2D eigenvalue weighted by atomic mass is 32.2. The molecule has 1 aromatic carbocycles. The molecule has 0 aromatic heterocycles. The van der Waals surface area contributed by atoms with E-state index in [9.17, 15) is 8.42 Å². The summed E-state index contributed by atoms with van der Waals surface area (Å²) in [5.41, 5.74) is 3.95. The molecule has 1 aliphatic rings. The van der Waals surface area contributed by atoms with Gasteiger partial charge in [-0.1, -0.05) is 12.1 Å². The summed E-state index contributed by atoms with van der Waals surface area (Å²) in [6, 6.07) is 6.95. The monoisotopic (exact) mass is 284 g/mol. The van der Waals surface area contributed by atoms with Crippen LogP contribution in [0.2, 0.25) is 0 Å². The van der Waals surface area contributed by atoms with E-state index >= 15 is 0 Å². The second-order valence-electron chi connectivity index (χ2n) is 4.75. The fourth-order valence-corrected chi connectivity index (χ4v) is 3.09. The van der Waals surface area contributed by atoms with Crippen molar-refractivity contribution < 1.29 is 18.9 Å². The fourth-order valence-electron chi connectivity index (χ4n) is 2.20. The van der Waals surface area contributed by atoms with Crippen LogP contribution in [0.25, 0.3) is 4.72 Å². The Kier molecular flexibility index (Phi) is 4.66. The van der Waals surface area contributed by atoms with Crippen molar-refractivity contribution in [3.05, 3.63) is 29.0 Å². The zero-order valence-corrected chi connectivity index (χ0v) is 11.7. The van der Waals surface area contributed by atoms with Gasteiger partial charge in [0.15, 0.2) is 0 Å². The molecule has 2 rings (SSSR count). The maximum absolute atomic E-state index is 11.6. The Morgan fingerprint density at radius 1 is 1.32 bits per heavy atom. The molecule has 6 heteroatoms. The van der Waals surface area contributed by atoms with Gasteiger partial charge in [0.1, 0.15) is 5.75 Å². The lowest BCUT2D eigenvalue weighted by Crippen LogP contribution is -2.52. The molecule has 1 fully saturated rings. The van der Waals surface area contributed by atoms with Crippen LogP contribution in [0.3, 0.4) is 0 Å². The number of quaternary nitrogens is 1. The first-order valence-electron chi connectivity index (χ1n) is 6.61. The summed E-state index contributed by atoms with van der Waals surface area (Å²) in [4.78, 5) is 0. The minimum absolute atomic E-state index is 0.0271. The first-order valence-corrected chi connectivity index (χ1v) is 8.22. The molecule has 0 spiro atoms. The second kappa shape index (κ2) is 6.25. The quantitative estimate of drug-likeness (QED) is 0.860. The van der Waals surface area contributed by atoms with Gasteiger partial charge in [-0.15, -0.1) is 5.69 Å². The number of rotatable bonds is 6. The molecule has 19 heavy (non-hydrogen) atoms. The number of benzene rings is 1. The zero-order valence-electron chi connectivity index (χ0n) is 10.9. The zero-order chi connectivity index (χ0) is 13.7. The van der Waals surface area contributed by atoms with Crippen LogP contribution >= 0.6 is 0 Å². The molecule has 0 heterocycles. The Hall–Kier alpha value is -1.27. The summed E-state index contributed by atoms with van der Waals surface area (Å²) in [7, 11) is -3.42. The summed E-state index contributed by atoms with van der Waals surface area (Å²) < 4.78 is 32.8. The number of sulfonamides is 1. The molecule has 0 amide bonds. The van der Waals surface area contributed by atoms with Gasteiger partial charge in [0, 0.05) is 0 Å². The van der Waals surface area contributed by atoms with Gasteiger partial charge in [-0.3, -0.25) is 0 Å². The van der Waals surface area contributed by atoms with Crippen molar-refractivity contribution in [1.29, 1.82) is 0 Å². The van der Waals surface area contributed by atoms with Gasteiger partial charge in [0.2, 0.25) is 0 Å². The molecule has 0 bridgehead atoms. The fraction of sp³-hybridized carbons (Fsp3) is 0.538. The van der Waals surface area contributed by atoms with E-state index in [1.54, 1.807) is 18.2 Å². The Morgan fingerprint density at radius 3 is 2.74 bits per heavy atom. The molecule has 1 aliphatic carbocycles. The average molecular weight is 284 g/mol. The first-order chi connectivity index (χ1) is 9.09. The first kappa shape index (κ1) is 14.1. The Labute approximate surface area is 114 Å². The van der Waals surface area contributed by atoms with Crippen LogP contribution in [-0.4, -0.2) is 26.8 Å². The molecule has 3 N–H and O–H groups in total. The maximum atomic E-state index is 11.6. The predicted octanol–water partition coefficient (Wildman–Crippen LogP) is 1.58. The lowest BCUT2D eigenvalue weighted by molar-refractivity contribution is -0.360. The van der Waals surface area contributed by atoms with Gasteiger partial charge in [-0.05, 0) is 37.8 Å². The van der Waals surface area contributed by atoms with Gasteiger partial charge >= 0.3 is 0 Å². The molecule has 1 aromatic rings. The van der Waals surface area contributed by atoms with Crippen LogP contribution in [0.4, 0.5) is 5.69 Å². The molecule has 1 saturated carbocycles. The number of hydrogen-bond acceptors (Lipinski definition) is 3. The van der Waals surface area contributed by atoms with Crippen LogP contribution in [-0.2, 0) is 10.0 Å². The molecule has 0 radical (unpaired) electrons. The number of hydrogen-bond donors (Lipinski definition) is 1. The van der Waals surface area contributed by atoms with E-state index in [2.05, 4.69) is 10.5 Å². The summed E-state index contributed by atoms with van der Waals surface area (Å²) in [5, 5.41) is 0. The predicted molar refractivity (Wildman–Crippen MR) is 73.9 cm³/mol. The van der Waals surface area contributed by atoms with Crippen molar-refractivity contribution in [3.63, 3.8) is 0 Å². The Balaban J connectivity index is 2.02. The highest BCUT2D eigenvalue weighted by molar-refractivity contribution is 7.94. The molecule has 0 atom stereocenters. The van der Waals surface area contributed by atoms with Gasteiger partial charge in [0.05, 0.1) is 28.4 Å². The number of nitrogens with zero attached hydrogens (tertiary/aromatic N) is 1. The van der Waals surface area contributed by atoms with Gasteiger partial charge in [-0.2, -0.15) is 0 Å². The van der Waals surface area contributed by atoms with Gasteiger partial charge in [0.25, 0.3) is 0 Å². The van der Waals surface area contributed by atoms with Crippen LogP contribution < -0.4 is 10.5 Å². The Morgan fingerprint density at radius 2 is 2.05 bits per heavy atom. The van der Waals surface area contributed by atoms with Crippen molar-refractivity contribution in [3.8, 4) is 5.75 Å². The molecule has 0 saturated heterocycles. The normalized spacial score (nSPS) is 16.5.